The Morgan fingerprint density at radius 3 is 3.00 bits per heavy atom. The van der Waals surface area contributed by atoms with Crippen LogP contribution in [0.25, 0.3) is 0 Å². The summed E-state index contributed by atoms with van der Waals surface area (Å²) in [6.45, 7) is 1.39. The van der Waals surface area contributed by atoms with E-state index in [4.69, 9.17) is 15.6 Å². The Hall–Kier alpha value is -1.15. The van der Waals surface area contributed by atoms with Crippen molar-refractivity contribution in [2.75, 3.05) is 6.61 Å². The van der Waals surface area contributed by atoms with E-state index in [-0.39, 0.29) is 19.1 Å². The zero-order valence-corrected chi connectivity index (χ0v) is 9.54. The largest absolute Gasteiger partial charge is 0.394 e. The highest BCUT2D eigenvalue weighted by molar-refractivity contribution is 5.78. The van der Waals surface area contributed by atoms with E-state index in [1.807, 2.05) is 0 Å². The molecular formula is C10H17N3O4. The van der Waals surface area contributed by atoms with E-state index in [2.05, 4.69) is 5.32 Å². The zero-order valence-electron chi connectivity index (χ0n) is 9.54. The second-order valence-electron chi connectivity index (χ2n) is 4.55. The third kappa shape index (κ3) is 2.42. The molecule has 0 aromatic heterocycles. The highest BCUT2D eigenvalue weighted by atomic mass is 16.5. The molecule has 0 radical (unpaired) electrons. The van der Waals surface area contributed by atoms with Crippen molar-refractivity contribution < 1.29 is 19.7 Å². The Balaban J connectivity index is 2.07. The molecule has 5 N–H and O–H groups in total. The molecule has 2 aliphatic rings. The quantitative estimate of drug-likeness (QED) is 0.480. The molecule has 2 rings (SSSR count). The Labute approximate surface area is 98.8 Å². The van der Waals surface area contributed by atoms with Gasteiger partial charge in [-0.2, -0.15) is 0 Å². The van der Waals surface area contributed by atoms with Crippen LogP contribution >= 0.6 is 0 Å². The average Bonchev–Trinajstić information content (AvgIpc) is 2.58. The Kier molecular flexibility index (Phi) is 3.09. The number of nitrogens with zero attached hydrogens (tertiary/aromatic N) is 1. The van der Waals surface area contributed by atoms with Crippen LogP contribution in [0.5, 0.6) is 0 Å². The first-order chi connectivity index (χ1) is 7.93. The van der Waals surface area contributed by atoms with Crippen molar-refractivity contribution >= 4 is 6.03 Å². The lowest BCUT2D eigenvalue weighted by atomic mass is 10.1. The van der Waals surface area contributed by atoms with Crippen LogP contribution in [-0.2, 0) is 4.74 Å². The first kappa shape index (κ1) is 12.3. The van der Waals surface area contributed by atoms with Crippen molar-refractivity contribution in [2.45, 2.75) is 37.4 Å². The monoisotopic (exact) mass is 243 g/mol. The minimum absolute atomic E-state index is 0.268. The minimum Gasteiger partial charge on any atom is -0.394 e. The summed E-state index contributed by atoms with van der Waals surface area (Å²) >= 11 is 0. The molecule has 1 unspecified atom stereocenters. The van der Waals surface area contributed by atoms with Gasteiger partial charge in [0.1, 0.15) is 18.0 Å². The number of aliphatic hydroxyl groups is 2. The molecule has 0 aromatic carbocycles. The van der Waals surface area contributed by atoms with Crippen molar-refractivity contribution in [1.29, 1.82) is 0 Å². The molecule has 1 saturated heterocycles. The fourth-order valence-corrected chi connectivity index (χ4v) is 1.92. The van der Waals surface area contributed by atoms with E-state index < -0.39 is 24.1 Å². The molecule has 0 spiro atoms. The highest BCUT2D eigenvalue weighted by Gasteiger charge is 2.40. The fourth-order valence-electron chi connectivity index (χ4n) is 1.92. The van der Waals surface area contributed by atoms with Crippen molar-refractivity contribution in [3.8, 4) is 0 Å². The smallest absolute Gasteiger partial charge is 0.325 e. The first-order valence-electron chi connectivity index (χ1n) is 5.46. The van der Waals surface area contributed by atoms with Crippen molar-refractivity contribution in [1.82, 2.24) is 10.2 Å². The molecule has 96 valence electrons. The summed E-state index contributed by atoms with van der Waals surface area (Å²) in [7, 11) is 0. The van der Waals surface area contributed by atoms with Gasteiger partial charge in [0, 0.05) is 12.6 Å². The summed E-state index contributed by atoms with van der Waals surface area (Å²) in [6, 6.07) is -0.381. The predicted octanol–water partition coefficient (Wildman–Crippen LogP) is -1.33. The summed E-state index contributed by atoms with van der Waals surface area (Å²) in [6.07, 6.45) is 1.45. The molecule has 17 heavy (non-hydrogen) atoms. The van der Waals surface area contributed by atoms with E-state index in [0.29, 0.717) is 0 Å². The molecule has 0 bridgehead atoms. The number of carbonyl (C=O) groups is 1. The lowest BCUT2D eigenvalue weighted by molar-refractivity contribution is -0.0547. The summed E-state index contributed by atoms with van der Waals surface area (Å²) in [5.41, 5.74) is 4.86. The number of carbonyl (C=O) groups excluding carboxylic acids is 1. The number of urea groups is 1. The summed E-state index contributed by atoms with van der Waals surface area (Å²) < 4.78 is 5.37. The van der Waals surface area contributed by atoms with Crippen LogP contribution in [0.1, 0.15) is 13.3 Å². The van der Waals surface area contributed by atoms with E-state index in [9.17, 15) is 9.90 Å². The van der Waals surface area contributed by atoms with Crippen LogP contribution in [0.3, 0.4) is 0 Å². The van der Waals surface area contributed by atoms with Gasteiger partial charge in [-0.3, -0.25) is 4.90 Å². The van der Waals surface area contributed by atoms with Crippen molar-refractivity contribution in [3.05, 3.63) is 12.3 Å². The maximum Gasteiger partial charge on any atom is 0.325 e. The maximum atomic E-state index is 11.8. The van der Waals surface area contributed by atoms with E-state index in [0.717, 1.165) is 0 Å². The van der Waals surface area contributed by atoms with Gasteiger partial charge in [0.2, 0.25) is 0 Å². The number of hydrogen-bond acceptors (Lipinski definition) is 5. The van der Waals surface area contributed by atoms with Crippen molar-refractivity contribution in [2.24, 2.45) is 5.73 Å². The molecule has 7 nitrogen and oxygen atoms in total. The van der Waals surface area contributed by atoms with Crippen LogP contribution < -0.4 is 11.1 Å². The molecule has 4 atom stereocenters. The number of nitrogens with two attached hydrogens (primary N) is 1. The van der Waals surface area contributed by atoms with E-state index >= 15 is 0 Å². The molecule has 0 aliphatic carbocycles. The molecule has 2 amide bonds. The van der Waals surface area contributed by atoms with Crippen LogP contribution in [-0.4, -0.2) is 51.8 Å². The lowest BCUT2D eigenvalue weighted by Crippen LogP contribution is -2.59. The Morgan fingerprint density at radius 2 is 2.47 bits per heavy atom. The number of ether oxygens (including phenoxy) is 1. The number of aliphatic hydroxyl groups excluding tert-OH is 2. The summed E-state index contributed by atoms with van der Waals surface area (Å²) in [5, 5.41) is 21.1. The van der Waals surface area contributed by atoms with Gasteiger partial charge >= 0.3 is 6.03 Å². The molecule has 7 heteroatoms. The van der Waals surface area contributed by atoms with Gasteiger partial charge in [0.25, 0.3) is 0 Å². The van der Waals surface area contributed by atoms with Crippen LogP contribution in [0, 0.1) is 0 Å². The third-order valence-corrected chi connectivity index (χ3v) is 2.89. The topological polar surface area (TPSA) is 108 Å². The lowest BCUT2D eigenvalue weighted by Gasteiger charge is -2.34. The van der Waals surface area contributed by atoms with Gasteiger partial charge in [-0.1, -0.05) is 0 Å². The second-order valence-corrected chi connectivity index (χ2v) is 4.55. The number of rotatable bonds is 2. The molecule has 0 aromatic rings. The summed E-state index contributed by atoms with van der Waals surface area (Å²) in [5.74, 6) is 0. The predicted molar refractivity (Wildman–Crippen MR) is 58.5 cm³/mol. The van der Waals surface area contributed by atoms with Crippen molar-refractivity contribution in [3.63, 3.8) is 0 Å². The number of nitrogens with one attached hydrogen (secondary N) is 1. The van der Waals surface area contributed by atoms with Crippen LogP contribution in [0.15, 0.2) is 12.3 Å². The van der Waals surface area contributed by atoms with Gasteiger partial charge in [0.05, 0.1) is 12.7 Å². The fraction of sp³-hybridized carbons (Fsp3) is 0.700. The Morgan fingerprint density at radius 1 is 1.76 bits per heavy atom. The van der Waals surface area contributed by atoms with Gasteiger partial charge < -0.3 is 26.0 Å². The first-order valence-corrected chi connectivity index (χ1v) is 5.46. The maximum absolute atomic E-state index is 11.8. The van der Waals surface area contributed by atoms with Gasteiger partial charge in [-0.25, -0.2) is 4.79 Å². The standard InChI is InChI=1S/C10H17N3O4/c1-10(11)2-3-13(9(16)12-10)8-4-6(15)7(5-14)17-8/h2-3,6-8,14-15H,4-5,11H2,1H3,(H,12,16)/t6-,7+,8+,10?/m0/s1. The molecule has 0 saturated carbocycles. The zero-order chi connectivity index (χ0) is 12.6. The second kappa shape index (κ2) is 4.26. The van der Waals surface area contributed by atoms with E-state index in [1.54, 1.807) is 13.0 Å². The SMILES string of the molecule is CC1(N)C=CN([C@H]2C[C@H](O)[C@@H](CO)O2)C(=O)N1. The normalized spacial score (nSPS) is 41.8. The number of amides is 2. The van der Waals surface area contributed by atoms with E-state index in [1.165, 1.54) is 11.1 Å². The molecule has 2 aliphatic heterocycles. The average molecular weight is 243 g/mol. The third-order valence-electron chi connectivity index (χ3n) is 2.89. The highest BCUT2D eigenvalue weighted by Crippen LogP contribution is 2.25. The van der Waals surface area contributed by atoms with Gasteiger partial charge in [-0.15, -0.1) is 0 Å². The van der Waals surface area contributed by atoms with Crippen LogP contribution in [0.4, 0.5) is 4.79 Å². The summed E-state index contributed by atoms with van der Waals surface area (Å²) in [4.78, 5) is 13.1. The number of hydrogen-bond donors (Lipinski definition) is 4. The van der Waals surface area contributed by atoms with Gasteiger partial charge in [0.15, 0.2) is 0 Å². The molecular weight excluding hydrogens is 226 g/mol. The minimum atomic E-state index is -0.874. The molecule has 1 fully saturated rings. The van der Waals surface area contributed by atoms with Crippen LogP contribution in [0.2, 0.25) is 0 Å². The van der Waals surface area contributed by atoms with Gasteiger partial charge in [-0.05, 0) is 13.0 Å². The Bertz CT molecular complexity index is 344. The molecule has 2 heterocycles.